The summed E-state index contributed by atoms with van der Waals surface area (Å²) in [6, 6.07) is 8.00. The number of hydrogen-bond donors (Lipinski definition) is 2. The van der Waals surface area contributed by atoms with E-state index in [-0.39, 0.29) is 17.9 Å². The topological polar surface area (TPSA) is 75.4 Å². The van der Waals surface area contributed by atoms with Crippen LogP contribution in [0.2, 0.25) is 0 Å². The average Bonchev–Trinajstić information content (AvgIpc) is 2.42. The molecule has 0 amide bonds. The second-order valence-electron chi connectivity index (χ2n) is 5.89. The van der Waals surface area contributed by atoms with Crippen molar-refractivity contribution in [3.63, 3.8) is 0 Å². The van der Waals surface area contributed by atoms with Gasteiger partial charge in [-0.25, -0.2) is 4.72 Å². The standard InChI is InChI=1S/C14H21N3O2S.ClH/c15-14(7-3-8-14)11-16-20(18,19)17-9-6-12-4-1-2-5-13(12)10-17;/h1-2,4-5,16H,3,6-11,15H2;1H. The van der Waals surface area contributed by atoms with E-state index >= 15 is 0 Å². The number of hydrogen-bond acceptors (Lipinski definition) is 3. The van der Waals surface area contributed by atoms with Crippen molar-refractivity contribution in [1.82, 2.24) is 9.03 Å². The molecule has 21 heavy (non-hydrogen) atoms. The number of benzene rings is 1. The highest BCUT2D eigenvalue weighted by Gasteiger charge is 2.35. The number of nitrogens with one attached hydrogen (secondary N) is 1. The number of nitrogens with two attached hydrogens (primary N) is 1. The molecule has 0 atom stereocenters. The SMILES string of the molecule is Cl.NC1(CNS(=O)(=O)N2CCc3ccccc3C2)CCC1. The summed E-state index contributed by atoms with van der Waals surface area (Å²) in [5.41, 5.74) is 8.07. The molecule has 3 N–H and O–H groups in total. The van der Waals surface area contributed by atoms with Crippen LogP contribution in [0.3, 0.4) is 0 Å². The van der Waals surface area contributed by atoms with Crippen LogP contribution in [-0.2, 0) is 23.2 Å². The third-order valence-electron chi connectivity index (χ3n) is 4.39. The summed E-state index contributed by atoms with van der Waals surface area (Å²) in [5, 5.41) is 0. The molecular weight excluding hydrogens is 310 g/mol. The molecule has 7 heteroatoms. The fourth-order valence-corrected chi connectivity index (χ4v) is 4.10. The molecule has 5 nitrogen and oxygen atoms in total. The van der Waals surface area contributed by atoms with Crippen LogP contribution < -0.4 is 10.5 Å². The van der Waals surface area contributed by atoms with E-state index in [1.807, 2.05) is 18.2 Å². The summed E-state index contributed by atoms with van der Waals surface area (Å²) >= 11 is 0. The highest BCUT2D eigenvalue weighted by molar-refractivity contribution is 7.87. The maximum absolute atomic E-state index is 12.3. The predicted molar refractivity (Wildman–Crippen MR) is 85.5 cm³/mol. The Morgan fingerprint density at radius 3 is 2.52 bits per heavy atom. The first-order valence-corrected chi connectivity index (χ1v) is 8.53. The first-order chi connectivity index (χ1) is 9.49. The van der Waals surface area contributed by atoms with E-state index in [1.165, 1.54) is 9.87 Å². The Bertz CT molecular complexity index is 602. The van der Waals surface area contributed by atoms with Gasteiger partial charge in [0.1, 0.15) is 0 Å². The van der Waals surface area contributed by atoms with Gasteiger partial charge in [0.15, 0.2) is 0 Å². The van der Waals surface area contributed by atoms with Crippen molar-refractivity contribution in [2.24, 2.45) is 5.73 Å². The zero-order valence-electron chi connectivity index (χ0n) is 11.9. The van der Waals surface area contributed by atoms with Crippen LogP contribution in [-0.4, -0.2) is 31.4 Å². The number of halogens is 1. The van der Waals surface area contributed by atoms with E-state index in [0.29, 0.717) is 19.6 Å². The molecule has 3 rings (SSSR count). The lowest BCUT2D eigenvalue weighted by molar-refractivity contribution is 0.248. The fourth-order valence-electron chi connectivity index (χ4n) is 2.81. The summed E-state index contributed by atoms with van der Waals surface area (Å²) in [6.45, 7) is 1.32. The van der Waals surface area contributed by atoms with Crippen LogP contribution >= 0.6 is 12.4 Å². The maximum atomic E-state index is 12.3. The Labute approximate surface area is 132 Å². The minimum atomic E-state index is -3.43. The van der Waals surface area contributed by atoms with E-state index in [0.717, 1.165) is 31.2 Å². The molecule has 0 spiro atoms. The lowest BCUT2D eigenvalue weighted by Gasteiger charge is -2.38. The molecule has 1 aromatic rings. The largest absolute Gasteiger partial charge is 0.324 e. The van der Waals surface area contributed by atoms with Gasteiger partial charge in [-0.05, 0) is 36.8 Å². The third-order valence-corrected chi connectivity index (χ3v) is 5.89. The monoisotopic (exact) mass is 331 g/mol. The van der Waals surface area contributed by atoms with Crippen LogP contribution in [0.5, 0.6) is 0 Å². The summed E-state index contributed by atoms with van der Waals surface area (Å²) < 4.78 is 28.9. The van der Waals surface area contributed by atoms with Gasteiger partial charge in [0.25, 0.3) is 10.2 Å². The molecule has 1 aliphatic heterocycles. The Morgan fingerprint density at radius 2 is 1.90 bits per heavy atom. The number of rotatable bonds is 4. The van der Waals surface area contributed by atoms with Crippen molar-refractivity contribution in [1.29, 1.82) is 0 Å². The van der Waals surface area contributed by atoms with Crippen molar-refractivity contribution >= 4 is 22.6 Å². The van der Waals surface area contributed by atoms with E-state index in [9.17, 15) is 8.42 Å². The van der Waals surface area contributed by atoms with Crippen LogP contribution in [0.4, 0.5) is 0 Å². The first kappa shape index (κ1) is 16.7. The maximum Gasteiger partial charge on any atom is 0.279 e. The Morgan fingerprint density at radius 1 is 1.24 bits per heavy atom. The molecule has 1 heterocycles. The minimum absolute atomic E-state index is 0. The molecule has 1 aromatic carbocycles. The molecule has 1 fully saturated rings. The van der Waals surface area contributed by atoms with Crippen molar-refractivity contribution in [2.45, 2.75) is 37.8 Å². The van der Waals surface area contributed by atoms with Gasteiger partial charge in [-0.3, -0.25) is 0 Å². The van der Waals surface area contributed by atoms with Gasteiger partial charge >= 0.3 is 0 Å². The fraction of sp³-hybridized carbons (Fsp3) is 0.571. The third kappa shape index (κ3) is 3.57. The lowest BCUT2D eigenvalue weighted by atomic mass is 9.78. The van der Waals surface area contributed by atoms with Gasteiger partial charge in [-0.2, -0.15) is 12.7 Å². The summed E-state index contributed by atoms with van der Waals surface area (Å²) in [6.07, 6.45) is 3.66. The van der Waals surface area contributed by atoms with Gasteiger partial charge in [0.2, 0.25) is 0 Å². The quantitative estimate of drug-likeness (QED) is 0.870. The summed E-state index contributed by atoms with van der Waals surface area (Å²) in [7, 11) is -3.43. The van der Waals surface area contributed by atoms with Gasteiger partial charge in [0, 0.05) is 25.2 Å². The molecule has 0 saturated heterocycles. The van der Waals surface area contributed by atoms with Gasteiger partial charge in [0.05, 0.1) is 0 Å². The lowest BCUT2D eigenvalue weighted by Crippen LogP contribution is -2.56. The molecule has 1 aliphatic carbocycles. The second kappa shape index (κ2) is 6.22. The molecule has 0 unspecified atom stereocenters. The molecule has 0 bridgehead atoms. The average molecular weight is 332 g/mol. The molecule has 0 radical (unpaired) electrons. The van der Waals surface area contributed by atoms with Crippen LogP contribution in [0, 0.1) is 0 Å². The van der Waals surface area contributed by atoms with Gasteiger partial charge < -0.3 is 5.73 Å². The number of nitrogens with zero attached hydrogens (tertiary/aromatic N) is 1. The van der Waals surface area contributed by atoms with Crippen molar-refractivity contribution in [3.05, 3.63) is 35.4 Å². The van der Waals surface area contributed by atoms with E-state index < -0.39 is 10.2 Å². The van der Waals surface area contributed by atoms with Crippen molar-refractivity contribution < 1.29 is 8.42 Å². The van der Waals surface area contributed by atoms with Crippen LogP contribution in [0.15, 0.2) is 24.3 Å². The van der Waals surface area contributed by atoms with E-state index in [4.69, 9.17) is 5.73 Å². The normalized spacial score (nSPS) is 21.0. The van der Waals surface area contributed by atoms with Gasteiger partial charge in [-0.1, -0.05) is 24.3 Å². The number of fused-ring (bicyclic) bond motifs is 1. The van der Waals surface area contributed by atoms with E-state index in [2.05, 4.69) is 10.8 Å². The highest BCUT2D eigenvalue weighted by atomic mass is 35.5. The predicted octanol–water partition coefficient (Wildman–Crippen LogP) is 1.18. The van der Waals surface area contributed by atoms with Crippen LogP contribution in [0.1, 0.15) is 30.4 Å². The molecular formula is C14H22ClN3O2S. The minimum Gasteiger partial charge on any atom is -0.324 e. The molecule has 1 saturated carbocycles. The molecule has 2 aliphatic rings. The molecule has 0 aromatic heterocycles. The highest BCUT2D eigenvalue weighted by Crippen LogP contribution is 2.28. The smallest absolute Gasteiger partial charge is 0.279 e. The van der Waals surface area contributed by atoms with Gasteiger partial charge in [-0.15, -0.1) is 12.4 Å². The van der Waals surface area contributed by atoms with E-state index in [1.54, 1.807) is 0 Å². The molecule has 118 valence electrons. The first-order valence-electron chi connectivity index (χ1n) is 7.09. The Balaban J connectivity index is 0.00000161. The summed E-state index contributed by atoms with van der Waals surface area (Å²) in [5.74, 6) is 0. The van der Waals surface area contributed by atoms with Crippen molar-refractivity contribution in [2.75, 3.05) is 13.1 Å². The van der Waals surface area contributed by atoms with Crippen molar-refractivity contribution in [3.8, 4) is 0 Å². The van der Waals surface area contributed by atoms with Crippen LogP contribution in [0.25, 0.3) is 0 Å². The zero-order valence-corrected chi connectivity index (χ0v) is 13.5. The Kier molecular flexibility index (Phi) is 4.95. The Hall–Kier alpha value is -0.660. The second-order valence-corrected chi connectivity index (χ2v) is 7.65. The summed E-state index contributed by atoms with van der Waals surface area (Å²) in [4.78, 5) is 0. The zero-order chi connectivity index (χ0) is 14.2.